The first-order valence-electron chi connectivity index (χ1n) is 6.33. The Balaban J connectivity index is 1.95. The van der Waals surface area contributed by atoms with Crippen molar-refractivity contribution in [2.45, 2.75) is 12.8 Å². The molecule has 0 atom stereocenters. The van der Waals surface area contributed by atoms with Gasteiger partial charge in [-0.25, -0.2) is 12.7 Å². The molecule has 1 aliphatic heterocycles. The molecular formula is C12H17ClN2O3S2. The number of nitrogens with zero attached hydrogens (tertiary/aromatic N) is 2. The molecule has 0 bridgehead atoms. The third kappa shape index (κ3) is 4.18. The lowest BCUT2D eigenvalue weighted by Crippen LogP contribution is -2.37. The van der Waals surface area contributed by atoms with Gasteiger partial charge >= 0.3 is 0 Å². The number of carbonyl (C=O) groups excluding carboxylic acids is 1. The second-order valence-electron chi connectivity index (χ2n) is 4.78. The Morgan fingerprint density at radius 3 is 2.65 bits per heavy atom. The van der Waals surface area contributed by atoms with Crippen LogP contribution in [-0.2, 0) is 21.2 Å². The maximum Gasteiger partial charge on any atom is 0.227 e. The minimum absolute atomic E-state index is 0.0267. The quantitative estimate of drug-likeness (QED) is 0.839. The van der Waals surface area contributed by atoms with Crippen LogP contribution in [0.2, 0.25) is 4.34 Å². The van der Waals surface area contributed by atoms with E-state index in [0.29, 0.717) is 43.4 Å². The smallest absolute Gasteiger partial charge is 0.227 e. The lowest BCUT2D eigenvalue weighted by Gasteiger charge is -2.20. The van der Waals surface area contributed by atoms with Crippen molar-refractivity contribution in [1.29, 1.82) is 0 Å². The number of amides is 1. The SMILES string of the molecule is CS(=O)(=O)N1CCCN(C(=O)Cc2ccc(Cl)s2)CC1. The van der Waals surface area contributed by atoms with Gasteiger partial charge < -0.3 is 4.90 Å². The fourth-order valence-corrected chi connectivity index (χ4v) is 4.14. The van der Waals surface area contributed by atoms with Crippen molar-refractivity contribution < 1.29 is 13.2 Å². The minimum Gasteiger partial charge on any atom is -0.341 e. The van der Waals surface area contributed by atoms with Crippen LogP contribution in [0.1, 0.15) is 11.3 Å². The highest BCUT2D eigenvalue weighted by atomic mass is 35.5. The van der Waals surface area contributed by atoms with E-state index in [1.807, 2.05) is 6.07 Å². The molecule has 20 heavy (non-hydrogen) atoms. The van der Waals surface area contributed by atoms with E-state index in [1.54, 1.807) is 11.0 Å². The van der Waals surface area contributed by atoms with E-state index in [0.717, 1.165) is 4.88 Å². The second kappa shape index (κ2) is 6.43. The van der Waals surface area contributed by atoms with Crippen LogP contribution in [0, 0.1) is 0 Å². The number of carbonyl (C=O) groups is 1. The molecule has 0 aliphatic carbocycles. The Morgan fingerprint density at radius 1 is 1.30 bits per heavy atom. The van der Waals surface area contributed by atoms with Gasteiger partial charge in [0.1, 0.15) is 0 Å². The minimum atomic E-state index is -3.17. The van der Waals surface area contributed by atoms with Crippen molar-refractivity contribution in [1.82, 2.24) is 9.21 Å². The van der Waals surface area contributed by atoms with Crippen LogP contribution in [0.15, 0.2) is 12.1 Å². The van der Waals surface area contributed by atoms with Gasteiger partial charge in [0.15, 0.2) is 0 Å². The second-order valence-corrected chi connectivity index (χ2v) is 8.56. The molecule has 5 nitrogen and oxygen atoms in total. The summed E-state index contributed by atoms with van der Waals surface area (Å²) in [6.07, 6.45) is 2.21. The summed E-state index contributed by atoms with van der Waals surface area (Å²) in [5.74, 6) is 0.0267. The normalized spacial score (nSPS) is 18.0. The van der Waals surface area contributed by atoms with E-state index in [1.165, 1.54) is 21.9 Å². The Labute approximate surface area is 128 Å². The summed E-state index contributed by atoms with van der Waals surface area (Å²) in [7, 11) is -3.17. The van der Waals surface area contributed by atoms with Gasteiger partial charge in [0.05, 0.1) is 17.0 Å². The van der Waals surface area contributed by atoms with Crippen LogP contribution in [0.25, 0.3) is 0 Å². The van der Waals surface area contributed by atoms with Crippen molar-refractivity contribution in [2.24, 2.45) is 0 Å². The molecule has 0 radical (unpaired) electrons. The molecule has 0 N–H and O–H groups in total. The summed E-state index contributed by atoms with van der Waals surface area (Å²) < 4.78 is 25.1. The lowest BCUT2D eigenvalue weighted by atomic mass is 10.3. The number of sulfonamides is 1. The summed E-state index contributed by atoms with van der Waals surface area (Å²) in [5.41, 5.74) is 0. The molecule has 1 aliphatic rings. The zero-order chi connectivity index (χ0) is 14.8. The highest BCUT2D eigenvalue weighted by molar-refractivity contribution is 7.88. The number of hydrogen-bond acceptors (Lipinski definition) is 4. The molecule has 112 valence electrons. The molecule has 2 heterocycles. The molecule has 0 aromatic carbocycles. The van der Waals surface area contributed by atoms with Gasteiger partial charge in [-0.05, 0) is 18.6 Å². The number of halogens is 1. The maximum atomic E-state index is 12.2. The fraction of sp³-hybridized carbons (Fsp3) is 0.583. The zero-order valence-corrected chi connectivity index (χ0v) is 13.6. The van der Waals surface area contributed by atoms with Crippen LogP contribution >= 0.6 is 22.9 Å². The van der Waals surface area contributed by atoms with Gasteiger partial charge in [0.25, 0.3) is 0 Å². The van der Waals surface area contributed by atoms with Gasteiger partial charge in [-0.2, -0.15) is 0 Å². The van der Waals surface area contributed by atoms with Crippen LogP contribution in [0.5, 0.6) is 0 Å². The van der Waals surface area contributed by atoms with E-state index in [4.69, 9.17) is 11.6 Å². The summed E-state index contributed by atoms with van der Waals surface area (Å²) in [4.78, 5) is 14.9. The molecule has 1 aromatic heterocycles. The number of rotatable bonds is 3. The number of hydrogen-bond donors (Lipinski definition) is 0. The van der Waals surface area contributed by atoms with E-state index in [9.17, 15) is 13.2 Å². The summed E-state index contributed by atoms with van der Waals surface area (Å²) in [6, 6.07) is 3.63. The Hall–Kier alpha value is -0.630. The molecule has 0 saturated carbocycles. The summed E-state index contributed by atoms with van der Waals surface area (Å²) in [6.45, 7) is 1.90. The predicted octanol–water partition coefficient (Wildman–Crippen LogP) is 1.44. The third-order valence-electron chi connectivity index (χ3n) is 3.23. The van der Waals surface area contributed by atoms with Crippen LogP contribution in [0.3, 0.4) is 0 Å². The first-order chi connectivity index (χ1) is 9.36. The molecule has 1 fully saturated rings. The predicted molar refractivity (Wildman–Crippen MR) is 80.6 cm³/mol. The number of thiophene rings is 1. The van der Waals surface area contributed by atoms with E-state index < -0.39 is 10.0 Å². The average Bonchev–Trinajstić information content (AvgIpc) is 2.64. The van der Waals surface area contributed by atoms with E-state index >= 15 is 0 Å². The lowest BCUT2D eigenvalue weighted by molar-refractivity contribution is -0.130. The van der Waals surface area contributed by atoms with Crippen molar-refractivity contribution in [3.8, 4) is 0 Å². The standard InChI is InChI=1S/C12H17ClN2O3S2/c1-20(17,18)15-6-2-5-14(7-8-15)12(16)9-10-3-4-11(13)19-10/h3-4H,2,5-9H2,1H3. The molecule has 2 rings (SSSR count). The van der Waals surface area contributed by atoms with Crippen molar-refractivity contribution in [3.63, 3.8) is 0 Å². The zero-order valence-electron chi connectivity index (χ0n) is 11.2. The molecule has 1 saturated heterocycles. The van der Waals surface area contributed by atoms with E-state index in [2.05, 4.69) is 0 Å². The summed E-state index contributed by atoms with van der Waals surface area (Å²) >= 11 is 7.25. The molecule has 0 spiro atoms. The maximum absolute atomic E-state index is 12.2. The molecule has 8 heteroatoms. The largest absolute Gasteiger partial charge is 0.341 e. The van der Waals surface area contributed by atoms with Gasteiger partial charge in [0, 0.05) is 31.1 Å². The Kier molecular flexibility index (Phi) is 5.06. The van der Waals surface area contributed by atoms with E-state index in [-0.39, 0.29) is 5.91 Å². The topological polar surface area (TPSA) is 57.7 Å². The monoisotopic (exact) mass is 336 g/mol. The van der Waals surface area contributed by atoms with Crippen LogP contribution in [-0.4, -0.2) is 56.0 Å². The molecule has 1 amide bonds. The van der Waals surface area contributed by atoms with Gasteiger partial charge in [-0.15, -0.1) is 11.3 Å². The highest BCUT2D eigenvalue weighted by Gasteiger charge is 2.23. The average molecular weight is 337 g/mol. The third-order valence-corrected chi connectivity index (χ3v) is 5.77. The van der Waals surface area contributed by atoms with Gasteiger partial charge in [0.2, 0.25) is 15.9 Å². The van der Waals surface area contributed by atoms with Crippen molar-refractivity contribution in [2.75, 3.05) is 32.4 Å². The van der Waals surface area contributed by atoms with Gasteiger partial charge in [-0.3, -0.25) is 4.79 Å². The molecule has 0 unspecified atom stereocenters. The van der Waals surface area contributed by atoms with Crippen molar-refractivity contribution in [3.05, 3.63) is 21.3 Å². The summed E-state index contributed by atoms with van der Waals surface area (Å²) in [5, 5.41) is 0. The van der Waals surface area contributed by atoms with Crippen LogP contribution < -0.4 is 0 Å². The first kappa shape index (κ1) is 15.8. The molecular weight excluding hydrogens is 320 g/mol. The highest BCUT2D eigenvalue weighted by Crippen LogP contribution is 2.22. The molecule has 1 aromatic rings. The first-order valence-corrected chi connectivity index (χ1v) is 9.37. The Bertz CT molecular complexity index is 585. The van der Waals surface area contributed by atoms with Crippen molar-refractivity contribution >= 4 is 38.9 Å². The Morgan fingerprint density at radius 2 is 2.05 bits per heavy atom. The fourth-order valence-electron chi connectivity index (χ4n) is 2.18. The van der Waals surface area contributed by atoms with Gasteiger partial charge in [-0.1, -0.05) is 11.6 Å². The van der Waals surface area contributed by atoms with Crippen LogP contribution in [0.4, 0.5) is 0 Å².